The topological polar surface area (TPSA) is 164 Å². The maximum Gasteiger partial charge on any atom is 0.263 e. The summed E-state index contributed by atoms with van der Waals surface area (Å²) in [5.74, 6) is -0.900. The molecule has 0 spiro atoms. The second-order valence-electron chi connectivity index (χ2n) is 13.6. The molecule has 1 fully saturated rings. The molecule has 0 aromatic heterocycles. The van der Waals surface area contributed by atoms with Gasteiger partial charge in [0.1, 0.15) is 15.5 Å². The molecule has 3 N–H and O–H groups in total. The van der Waals surface area contributed by atoms with Gasteiger partial charge < -0.3 is 19.9 Å². The SMILES string of the molecule is CCCCCCCCC(CCCCCC)CNC(=O)c1ccc2ccccc2c1S(=O)(=O)Nc1cc(N=COC)c(O)c(S(=O)(=O)N2CCOCC2)c1. The van der Waals surface area contributed by atoms with Crippen molar-refractivity contribution in [3.05, 3.63) is 54.1 Å². The van der Waals surface area contributed by atoms with E-state index in [1.807, 2.05) is 0 Å². The number of carbonyl (C=O) groups excluding carboxylic acids is 1. The number of nitrogens with zero attached hydrogens (tertiary/aromatic N) is 2. The van der Waals surface area contributed by atoms with Gasteiger partial charge in [-0.05, 0) is 42.3 Å². The Labute approximate surface area is 315 Å². The number of morpholine rings is 1. The predicted octanol–water partition coefficient (Wildman–Crippen LogP) is 7.74. The van der Waals surface area contributed by atoms with E-state index in [9.17, 15) is 26.7 Å². The smallest absolute Gasteiger partial charge is 0.263 e. The van der Waals surface area contributed by atoms with Crippen molar-refractivity contribution >= 4 is 54.5 Å². The van der Waals surface area contributed by atoms with Gasteiger partial charge in [0.2, 0.25) is 10.0 Å². The molecule has 292 valence electrons. The van der Waals surface area contributed by atoms with Crippen LogP contribution in [0.25, 0.3) is 10.8 Å². The average molecular weight is 773 g/mol. The molecule has 3 aromatic rings. The first kappa shape index (κ1) is 42.0. The number of sulfonamides is 2. The van der Waals surface area contributed by atoms with Crippen molar-refractivity contribution in [2.24, 2.45) is 10.9 Å². The lowest BCUT2D eigenvalue weighted by molar-refractivity contribution is 0.0729. The van der Waals surface area contributed by atoms with Crippen molar-refractivity contribution < 1.29 is 36.2 Å². The van der Waals surface area contributed by atoms with E-state index in [0.717, 1.165) is 61.7 Å². The third-order valence-corrected chi connectivity index (χ3v) is 13.0. The summed E-state index contributed by atoms with van der Waals surface area (Å²) < 4.78 is 70.0. The van der Waals surface area contributed by atoms with Crippen LogP contribution < -0.4 is 10.0 Å². The number of benzene rings is 3. The Hall–Kier alpha value is -3.72. The number of hydrogen-bond donors (Lipinski definition) is 3. The van der Waals surface area contributed by atoms with Gasteiger partial charge in [-0.25, -0.2) is 21.8 Å². The number of phenolic OH excluding ortho intramolecular Hbond substituents is 1. The number of anilines is 1. The lowest BCUT2D eigenvalue weighted by atomic mass is 9.94. The largest absolute Gasteiger partial charge is 0.504 e. The lowest BCUT2D eigenvalue weighted by Crippen LogP contribution is -2.40. The molecule has 1 amide bonds. The average Bonchev–Trinajstić information content (AvgIpc) is 3.16. The van der Waals surface area contributed by atoms with E-state index >= 15 is 0 Å². The molecule has 0 aliphatic carbocycles. The number of aromatic hydroxyl groups is 1. The molecule has 1 atom stereocenters. The summed E-state index contributed by atoms with van der Waals surface area (Å²) in [5, 5.41) is 15.0. The monoisotopic (exact) mass is 772 g/mol. The van der Waals surface area contributed by atoms with Crippen molar-refractivity contribution in [3.8, 4) is 5.75 Å². The van der Waals surface area contributed by atoms with Crippen LogP contribution in [-0.2, 0) is 29.5 Å². The van der Waals surface area contributed by atoms with Crippen molar-refractivity contribution in [3.63, 3.8) is 0 Å². The van der Waals surface area contributed by atoms with Crippen LogP contribution in [0.2, 0.25) is 0 Å². The molecular formula is C39H56N4O8S2. The summed E-state index contributed by atoms with van der Waals surface area (Å²) in [6.07, 6.45) is 14.6. The van der Waals surface area contributed by atoms with Crippen molar-refractivity contribution in [1.82, 2.24) is 9.62 Å². The van der Waals surface area contributed by atoms with Gasteiger partial charge in [-0.2, -0.15) is 4.31 Å². The minimum Gasteiger partial charge on any atom is -0.504 e. The number of amides is 1. The van der Waals surface area contributed by atoms with Gasteiger partial charge in [0.25, 0.3) is 15.9 Å². The molecule has 1 aliphatic heterocycles. The fourth-order valence-corrected chi connectivity index (χ4v) is 9.64. The summed E-state index contributed by atoms with van der Waals surface area (Å²) in [6.45, 7) is 5.28. The second-order valence-corrected chi connectivity index (χ2v) is 17.1. The number of rotatable bonds is 22. The van der Waals surface area contributed by atoms with Gasteiger partial charge in [-0.1, -0.05) is 108 Å². The van der Waals surface area contributed by atoms with Crippen LogP contribution in [0.1, 0.15) is 101 Å². The molecule has 53 heavy (non-hydrogen) atoms. The van der Waals surface area contributed by atoms with E-state index in [0.29, 0.717) is 17.3 Å². The zero-order chi connectivity index (χ0) is 38.3. The number of hydrogen-bond acceptors (Lipinski definition) is 9. The van der Waals surface area contributed by atoms with Gasteiger partial charge in [0.15, 0.2) is 12.2 Å². The number of nitrogens with one attached hydrogen (secondary N) is 2. The Bertz CT molecular complexity index is 1890. The lowest BCUT2D eigenvalue weighted by Gasteiger charge is -2.26. The standard InChI is InChI=1S/C39H56N4O8S2/c1-4-6-8-10-11-13-17-30(16-12-9-7-5-2)28-40-39(45)34-21-20-31-18-14-15-19-33(31)38(34)52(46,47)42-32-26-35(41-29-50-3)37(44)36(27-32)53(48,49)43-22-24-51-25-23-43/h14-15,18-21,26-27,29-30,42,44H,4-13,16-17,22-25,28H2,1-3H3,(H,40,45). The first-order valence-corrected chi connectivity index (χ1v) is 21.8. The van der Waals surface area contributed by atoms with Crippen molar-refractivity contribution in [2.45, 2.75) is 101 Å². The molecule has 14 heteroatoms. The van der Waals surface area contributed by atoms with Crippen LogP contribution in [0.3, 0.4) is 0 Å². The maximum atomic E-state index is 14.4. The first-order chi connectivity index (χ1) is 25.5. The predicted molar refractivity (Wildman–Crippen MR) is 210 cm³/mol. The number of unbranched alkanes of at least 4 members (excludes halogenated alkanes) is 8. The quantitative estimate of drug-likeness (QED) is 0.0404. The summed E-state index contributed by atoms with van der Waals surface area (Å²) in [7, 11) is -7.50. The Kier molecular flexibility index (Phi) is 16.4. The molecule has 1 unspecified atom stereocenters. The van der Waals surface area contributed by atoms with Crippen molar-refractivity contribution in [2.75, 3.05) is 44.7 Å². The molecule has 1 heterocycles. The number of fused-ring (bicyclic) bond motifs is 1. The van der Waals surface area contributed by atoms with Crippen LogP contribution in [0.5, 0.6) is 5.75 Å². The summed E-state index contributed by atoms with van der Waals surface area (Å²) in [5.41, 5.74) is -0.438. The van der Waals surface area contributed by atoms with E-state index in [-0.39, 0.29) is 54.1 Å². The van der Waals surface area contributed by atoms with E-state index in [1.165, 1.54) is 51.3 Å². The number of methoxy groups -OCH3 is 1. The van der Waals surface area contributed by atoms with Crippen LogP contribution in [0.15, 0.2) is 63.3 Å². The number of carbonyl (C=O) groups is 1. The summed E-state index contributed by atoms with van der Waals surface area (Å²) >= 11 is 0. The molecule has 1 saturated heterocycles. The second kappa shape index (κ2) is 20.7. The van der Waals surface area contributed by atoms with Gasteiger partial charge in [-0.15, -0.1) is 0 Å². The first-order valence-electron chi connectivity index (χ1n) is 18.9. The van der Waals surface area contributed by atoms with Crippen LogP contribution in [0, 0.1) is 5.92 Å². The molecule has 12 nitrogen and oxygen atoms in total. The molecule has 0 radical (unpaired) electrons. The van der Waals surface area contributed by atoms with E-state index in [1.54, 1.807) is 30.3 Å². The third-order valence-electron chi connectivity index (χ3n) is 9.57. The summed E-state index contributed by atoms with van der Waals surface area (Å²) in [6, 6.07) is 12.4. The van der Waals surface area contributed by atoms with Gasteiger partial charge >= 0.3 is 0 Å². The Morgan fingerprint density at radius 2 is 1.57 bits per heavy atom. The zero-order valence-corrected chi connectivity index (χ0v) is 32.9. The minimum atomic E-state index is -4.54. The number of phenols is 1. The molecule has 0 saturated carbocycles. The molecule has 3 aromatic carbocycles. The fraction of sp³-hybridized carbons (Fsp3) is 0.538. The van der Waals surface area contributed by atoms with E-state index in [4.69, 9.17) is 9.47 Å². The highest BCUT2D eigenvalue weighted by Gasteiger charge is 2.32. The highest BCUT2D eigenvalue weighted by Crippen LogP contribution is 2.39. The summed E-state index contributed by atoms with van der Waals surface area (Å²) in [4.78, 5) is 17.2. The normalized spacial score (nSPS) is 14.8. The number of aliphatic imine (C=N–C) groups is 1. The Morgan fingerprint density at radius 1 is 0.925 bits per heavy atom. The molecule has 4 rings (SSSR count). The van der Waals surface area contributed by atoms with E-state index in [2.05, 4.69) is 28.9 Å². The maximum absolute atomic E-state index is 14.4. The van der Waals surface area contributed by atoms with Crippen LogP contribution >= 0.6 is 0 Å². The minimum absolute atomic E-state index is 0.0296. The van der Waals surface area contributed by atoms with Crippen molar-refractivity contribution in [1.29, 1.82) is 0 Å². The Morgan fingerprint density at radius 3 is 2.25 bits per heavy atom. The highest BCUT2D eigenvalue weighted by molar-refractivity contribution is 7.93. The Balaban J connectivity index is 1.66. The highest BCUT2D eigenvalue weighted by atomic mass is 32.2. The number of ether oxygens (including phenoxy) is 2. The van der Waals surface area contributed by atoms with Gasteiger partial charge in [0, 0.05) is 25.0 Å². The third kappa shape index (κ3) is 11.6. The van der Waals surface area contributed by atoms with Crippen LogP contribution in [-0.4, -0.2) is 78.5 Å². The van der Waals surface area contributed by atoms with Gasteiger partial charge in [0.05, 0.1) is 31.6 Å². The zero-order valence-electron chi connectivity index (χ0n) is 31.3. The van der Waals surface area contributed by atoms with E-state index < -0.39 is 36.6 Å². The van der Waals surface area contributed by atoms with Crippen LogP contribution in [0.4, 0.5) is 11.4 Å². The molecular weight excluding hydrogens is 717 g/mol. The fourth-order valence-electron chi connectivity index (χ4n) is 6.65. The van der Waals surface area contributed by atoms with Gasteiger partial charge in [-0.3, -0.25) is 9.52 Å². The molecule has 0 bridgehead atoms. The molecule has 1 aliphatic rings.